The molecule has 5 heteroatoms. The van der Waals surface area contributed by atoms with Gasteiger partial charge < -0.3 is 4.74 Å². The lowest BCUT2D eigenvalue weighted by atomic mass is 9.75. The fraction of sp³-hybridized carbons (Fsp3) is 0.300. The summed E-state index contributed by atoms with van der Waals surface area (Å²) in [5.74, 6) is -0.661. The highest BCUT2D eigenvalue weighted by Gasteiger charge is 2.55. The first-order valence-electron chi connectivity index (χ1n) is 8.27. The minimum atomic E-state index is -0.944. The van der Waals surface area contributed by atoms with Crippen LogP contribution >= 0.6 is 0 Å². The van der Waals surface area contributed by atoms with Crippen LogP contribution in [0.15, 0.2) is 52.7 Å². The van der Waals surface area contributed by atoms with Crippen molar-refractivity contribution in [3.8, 4) is 0 Å². The number of carbonyl (C=O) groups is 2. The minimum absolute atomic E-state index is 0.00771. The van der Waals surface area contributed by atoms with Crippen molar-refractivity contribution in [2.45, 2.75) is 24.8 Å². The van der Waals surface area contributed by atoms with E-state index in [1.807, 2.05) is 49.4 Å². The van der Waals surface area contributed by atoms with Gasteiger partial charge in [0.2, 0.25) is 0 Å². The van der Waals surface area contributed by atoms with E-state index in [2.05, 4.69) is 10.2 Å². The summed E-state index contributed by atoms with van der Waals surface area (Å²) in [5, 5.41) is 8.62. The van der Waals surface area contributed by atoms with E-state index in [9.17, 15) is 9.59 Å². The lowest BCUT2D eigenvalue weighted by molar-refractivity contribution is 0.0596. The Morgan fingerprint density at radius 3 is 2.76 bits per heavy atom. The lowest BCUT2D eigenvalue weighted by Crippen LogP contribution is -2.39. The Labute approximate surface area is 145 Å². The summed E-state index contributed by atoms with van der Waals surface area (Å²) in [7, 11) is 1.37. The van der Waals surface area contributed by atoms with Gasteiger partial charge in [0.1, 0.15) is 0 Å². The van der Waals surface area contributed by atoms with E-state index in [0.29, 0.717) is 24.1 Å². The Kier molecular flexibility index (Phi) is 3.53. The number of rotatable bonds is 2. The van der Waals surface area contributed by atoms with Crippen molar-refractivity contribution in [1.82, 2.24) is 0 Å². The summed E-state index contributed by atoms with van der Waals surface area (Å²) in [4.78, 5) is 25.5. The molecule has 0 bridgehead atoms. The summed E-state index contributed by atoms with van der Waals surface area (Å²) in [6.45, 7) is 2.27. The van der Waals surface area contributed by atoms with Gasteiger partial charge in [-0.15, -0.1) is 0 Å². The van der Waals surface area contributed by atoms with Crippen molar-refractivity contribution in [1.29, 1.82) is 0 Å². The van der Waals surface area contributed by atoms with Gasteiger partial charge in [-0.1, -0.05) is 42.5 Å². The average molecular weight is 334 g/mol. The molecule has 1 aliphatic carbocycles. The Balaban J connectivity index is 1.85. The number of esters is 1. The lowest BCUT2D eigenvalue weighted by Gasteiger charge is -2.27. The van der Waals surface area contributed by atoms with Crippen LogP contribution in [0.2, 0.25) is 0 Å². The molecule has 0 saturated carbocycles. The van der Waals surface area contributed by atoms with Gasteiger partial charge in [-0.05, 0) is 23.6 Å². The van der Waals surface area contributed by atoms with Gasteiger partial charge in [0.15, 0.2) is 11.3 Å². The second kappa shape index (κ2) is 5.62. The van der Waals surface area contributed by atoms with Crippen molar-refractivity contribution in [3.05, 3.63) is 70.3 Å². The smallest absolute Gasteiger partial charge is 0.338 e. The maximum absolute atomic E-state index is 13.2. The number of fused-ring (bicyclic) bond motifs is 1. The Hall–Kier alpha value is -2.82. The van der Waals surface area contributed by atoms with Gasteiger partial charge in [-0.2, -0.15) is 10.2 Å². The zero-order valence-corrected chi connectivity index (χ0v) is 14.2. The molecule has 0 N–H and O–H groups in total. The molecule has 0 fully saturated rings. The van der Waals surface area contributed by atoms with Gasteiger partial charge in [0, 0.05) is 17.9 Å². The number of ketones is 1. The molecular weight excluding hydrogens is 316 g/mol. The molecule has 2 aromatic carbocycles. The van der Waals surface area contributed by atoms with Crippen molar-refractivity contribution in [3.63, 3.8) is 0 Å². The molecule has 2 atom stereocenters. The third-order valence-corrected chi connectivity index (χ3v) is 5.27. The summed E-state index contributed by atoms with van der Waals surface area (Å²) in [6, 6.07) is 13.3. The summed E-state index contributed by atoms with van der Waals surface area (Å²) < 4.78 is 4.97. The van der Waals surface area contributed by atoms with E-state index in [0.717, 1.165) is 16.7 Å². The van der Waals surface area contributed by atoms with E-state index >= 15 is 0 Å². The molecule has 0 unspecified atom stereocenters. The van der Waals surface area contributed by atoms with Crippen LogP contribution in [0.4, 0.5) is 0 Å². The Bertz CT molecular complexity index is 919. The third kappa shape index (κ3) is 2.15. The average Bonchev–Trinajstić information content (AvgIpc) is 3.17. The van der Waals surface area contributed by atoms with Gasteiger partial charge >= 0.3 is 5.97 Å². The fourth-order valence-corrected chi connectivity index (χ4v) is 4.05. The second-order valence-electron chi connectivity index (χ2n) is 6.59. The van der Waals surface area contributed by atoms with Crippen LogP contribution in [0.25, 0.3) is 0 Å². The van der Waals surface area contributed by atoms with Gasteiger partial charge in [-0.3, -0.25) is 4.79 Å². The van der Waals surface area contributed by atoms with Crippen molar-refractivity contribution in [2.24, 2.45) is 10.2 Å². The first-order valence-corrected chi connectivity index (χ1v) is 8.27. The molecule has 25 heavy (non-hydrogen) atoms. The predicted octanol–water partition coefficient (Wildman–Crippen LogP) is 3.51. The first kappa shape index (κ1) is 15.7. The van der Waals surface area contributed by atoms with Crippen LogP contribution < -0.4 is 0 Å². The first-order chi connectivity index (χ1) is 12.1. The standard InChI is InChI=1S/C20H18N2O3/c1-12-6-5-9-15(17(12)19(24)25-2)16-11-21-22-20(16)10-13-7-3-4-8-14(13)18(20)23/h3-9,16H,10-11H2,1-2H3/t16-,20-/m0/s1. The van der Waals surface area contributed by atoms with Crippen LogP contribution in [-0.4, -0.2) is 30.9 Å². The second-order valence-corrected chi connectivity index (χ2v) is 6.59. The van der Waals surface area contributed by atoms with E-state index in [1.54, 1.807) is 0 Å². The molecule has 0 radical (unpaired) electrons. The molecule has 1 aliphatic heterocycles. The van der Waals surface area contributed by atoms with Gasteiger partial charge in [-0.25, -0.2) is 4.79 Å². The molecule has 1 spiro atoms. The largest absolute Gasteiger partial charge is 0.465 e. The van der Waals surface area contributed by atoms with Crippen LogP contribution in [0.3, 0.4) is 0 Å². The summed E-state index contributed by atoms with van der Waals surface area (Å²) in [5.41, 5.74) is 2.89. The van der Waals surface area contributed by atoms with Gasteiger partial charge in [0.05, 0.1) is 19.2 Å². The molecule has 0 aromatic heterocycles. The number of Topliss-reactive ketones (excluding diaryl/α,β-unsaturated/α-hetero) is 1. The topological polar surface area (TPSA) is 68.1 Å². The zero-order chi connectivity index (χ0) is 17.6. The number of hydrogen-bond acceptors (Lipinski definition) is 5. The number of hydrogen-bond donors (Lipinski definition) is 0. The minimum Gasteiger partial charge on any atom is -0.465 e. The van der Waals surface area contributed by atoms with E-state index in [4.69, 9.17) is 4.74 Å². The molecular formula is C20H18N2O3. The molecule has 4 rings (SSSR count). The highest BCUT2D eigenvalue weighted by Crippen LogP contribution is 2.47. The quantitative estimate of drug-likeness (QED) is 0.789. The SMILES string of the molecule is COC(=O)c1c(C)cccc1[C@@H]1CN=N[C@@]12Cc1ccccc1C2=O. The van der Waals surface area contributed by atoms with E-state index in [-0.39, 0.29) is 11.7 Å². The van der Waals surface area contributed by atoms with Crippen LogP contribution in [0.5, 0.6) is 0 Å². The van der Waals surface area contributed by atoms with Crippen LogP contribution in [-0.2, 0) is 11.2 Å². The predicted molar refractivity (Wildman–Crippen MR) is 92.2 cm³/mol. The Morgan fingerprint density at radius 1 is 1.20 bits per heavy atom. The summed E-state index contributed by atoms with van der Waals surface area (Å²) >= 11 is 0. The number of azo groups is 1. The number of carbonyl (C=O) groups excluding carboxylic acids is 2. The van der Waals surface area contributed by atoms with Crippen molar-refractivity contribution in [2.75, 3.05) is 13.7 Å². The van der Waals surface area contributed by atoms with Gasteiger partial charge in [0.25, 0.3) is 0 Å². The van der Waals surface area contributed by atoms with Crippen LogP contribution in [0, 0.1) is 6.92 Å². The normalized spacial score (nSPS) is 23.9. The third-order valence-electron chi connectivity index (χ3n) is 5.27. The Morgan fingerprint density at radius 2 is 2.00 bits per heavy atom. The molecule has 1 heterocycles. The molecule has 0 saturated heterocycles. The number of methoxy groups -OCH3 is 1. The van der Waals surface area contributed by atoms with E-state index in [1.165, 1.54) is 7.11 Å². The molecule has 2 aromatic rings. The number of benzene rings is 2. The van der Waals surface area contributed by atoms with Crippen LogP contribution in [0.1, 0.15) is 43.3 Å². The highest BCUT2D eigenvalue weighted by molar-refractivity contribution is 6.09. The van der Waals surface area contributed by atoms with E-state index < -0.39 is 11.5 Å². The number of nitrogens with zero attached hydrogens (tertiary/aromatic N) is 2. The molecule has 0 amide bonds. The fourth-order valence-electron chi connectivity index (χ4n) is 4.05. The number of ether oxygens (including phenoxy) is 1. The maximum atomic E-state index is 13.2. The molecule has 5 nitrogen and oxygen atoms in total. The maximum Gasteiger partial charge on any atom is 0.338 e. The summed E-state index contributed by atoms with van der Waals surface area (Å²) in [6.07, 6.45) is 0.519. The zero-order valence-electron chi connectivity index (χ0n) is 14.2. The number of aryl methyl sites for hydroxylation is 1. The van der Waals surface area contributed by atoms with Crippen molar-refractivity contribution < 1.29 is 14.3 Å². The molecule has 126 valence electrons. The van der Waals surface area contributed by atoms with Crippen molar-refractivity contribution >= 4 is 11.8 Å². The highest BCUT2D eigenvalue weighted by atomic mass is 16.5. The monoisotopic (exact) mass is 334 g/mol. The molecule has 2 aliphatic rings.